The van der Waals surface area contributed by atoms with Gasteiger partial charge in [0.25, 0.3) is 0 Å². The van der Waals surface area contributed by atoms with E-state index in [1.54, 1.807) is 0 Å². The number of hydrogen-bond acceptors (Lipinski definition) is 3. The molecule has 6 heteroatoms. The van der Waals surface area contributed by atoms with Gasteiger partial charge in [0, 0.05) is 6.04 Å². The standard InChI is InChI=1S/C8H14N2O3S/c1-6-2-4-7(5-3-6)9-8(11)10-14(12)13/h6-7H,2-5H2,1H3,(H,9,11). The fraction of sp³-hybridized carbons (Fsp3) is 0.875. The number of nitrogens with zero attached hydrogens (tertiary/aromatic N) is 1. The average Bonchev–Trinajstić information content (AvgIpc) is 2.07. The van der Waals surface area contributed by atoms with Gasteiger partial charge in [-0.05, 0) is 31.6 Å². The first-order chi connectivity index (χ1) is 6.58. The lowest BCUT2D eigenvalue weighted by atomic mass is 9.87. The number of carbonyl (C=O) groups is 1. The first-order valence-corrected chi connectivity index (χ1v) is 5.72. The minimum atomic E-state index is -2.64. The Morgan fingerprint density at radius 3 is 2.36 bits per heavy atom. The van der Waals surface area contributed by atoms with Gasteiger partial charge < -0.3 is 5.32 Å². The molecule has 14 heavy (non-hydrogen) atoms. The summed E-state index contributed by atoms with van der Waals surface area (Å²) in [7, 11) is -2.64. The van der Waals surface area contributed by atoms with Gasteiger partial charge in [-0.1, -0.05) is 11.3 Å². The van der Waals surface area contributed by atoms with Crippen molar-refractivity contribution in [1.29, 1.82) is 0 Å². The summed E-state index contributed by atoms with van der Waals surface area (Å²) in [4.78, 5) is 10.9. The van der Waals surface area contributed by atoms with Crippen LogP contribution in [0.25, 0.3) is 0 Å². The molecule has 0 spiro atoms. The molecule has 0 atom stereocenters. The van der Waals surface area contributed by atoms with Gasteiger partial charge >= 0.3 is 16.5 Å². The van der Waals surface area contributed by atoms with Crippen LogP contribution in [0.4, 0.5) is 4.79 Å². The minimum absolute atomic E-state index is 0.0889. The Morgan fingerprint density at radius 1 is 1.29 bits per heavy atom. The van der Waals surface area contributed by atoms with E-state index < -0.39 is 16.5 Å². The summed E-state index contributed by atoms with van der Waals surface area (Å²) in [5, 5.41) is 2.57. The molecule has 80 valence electrons. The third kappa shape index (κ3) is 3.87. The highest BCUT2D eigenvalue weighted by Crippen LogP contribution is 2.23. The Bertz CT molecular complexity index is 320. The van der Waals surface area contributed by atoms with Crippen molar-refractivity contribution in [2.24, 2.45) is 10.3 Å². The van der Waals surface area contributed by atoms with Crippen molar-refractivity contribution < 1.29 is 13.2 Å². The maximum absolute atomic E-state index is 10.9. The molecule has 0 aromatic carbocycles. The molecule has 1 aliphatic carbocycles. The number of amides is 2. The van der Waals surface area contributed by atoms with E-state index in [0.717, 1.165) is 25.7 Å². The Labute approximate surface area is 84.6 Å². The van der Waals surface area contributed by atoms with Crippen molar-refractivity contribution in [2.45, 2.75) is 38.6 Å². The lowest BCUT2D eigenvalue weighted by molar-refractivity contribution is 0.237. The summed E-state index contributed by atoms with van der Waals surface area (Å²) in [6, 6.07) is -0.663. The summed E-state index contributed by atoms with van der Waals surface area (Å²) >= 11 is 0. The molecule has 0 aliphatic heterocycles. The van der Waals surface area contributed by atoms with Crippen molar-refractivity contribution in [3.05, 3.63) is 0 Å². The molecular formula is C8H14N2O3S. The van der Waals surface area contributed by atoms with Gasteiger partial charge in [-0.15, -0.1) is 0 Å². The van der Waals surface area contributed by atoms with Crippen molar-refractivity contribution >= 4 is 16.5 Å². The van der Waals surface area contributed by atoms with Crippen molar-refractivity contribution in [2.75, 3.05) is 0 Å². The predicted octanol–water partition coefficient (Wildman–Crippen LogP) is 1.34. The fourth-order valence-corrected chi connectivity index (χ4v) is 1.86. The molecule has 2 amide bonds. The SMILES string of the molecule is CC1CCC(NC(=O)N=S(=O)=O)CC1. The molecule has 1 rings (SSSR count). The van der Waals surface area contributed by atoms with Crippen LogP contribution in [0.15, 0.2) is 4.36 Å². The zero-order valence-electron chi connectivity index (χ0n) is 8.06. The molecule has 5 nitrogen and oxygen atoms in total. The van der Waals surface area contributed by atoms with Crippen molar-refractivity contribution in [3.8, 4) is 0 Å². The van der Waals surface area contributed by atoms with E-state index >= 15 is 0 Å². The highest BCUT2D eigenvalue weighted by atomic mass is 32.2. The molecule has 1 aliphatic rings. The largest absolute Gasteiger partial charge is 0.356 e. The van der Waals surface area contributed by atoms with Gasteiger partial charge in [0.05, 0.1) is 0 Å². The number of urea groups is 1. The van der Waals surface area contributed by atoms with Crippen LogP contribution in [0, 0.1) is 5.92 Å². The van der Waals surface area contributed by atoms with Gasteiger partial charge in [0.2, 0.25) is 0 Å². The second kappa shape index (κ2) is 5.09. The second-order valence-corrected chi connectivity index (χ2v) is 4.33. The summed E-state index contributed by atoms with van der Waals surface area (Å²) < 4.78 is 23.0. The Hall–Kier alpha value is -0.910. The molecule has 0 radical (unpaired) electrons. The third-order valence-electron chi connectivity index (χ3n) is 2.50. The zero-order valence-corrected chi connectivity index (χ0v) is 8.88. The summed E-state index contributed by atoms with van der Waals surface area (Å²) in [6.07, 6.45) is 3.97. The smallest absolute Gasteiger partial charge is 0.333 e. The quantitative estimate of drug-likeness (QED) is 0.721. The van der Waals surface area contributed by atoms with E-state index in [2.05, 4.69) is 16.6 Å². The van der Waals surface area contributed by atoms with Crippen LogP contribution in [-0.2, 0) is 10.5 Å². The Kier molecular flexibility index (Phi) is 4.06. The summed E-state index contributed by atoms with van der Waals surface area (Å²) in [5.41, 5.74) is 0. The van der Waals surface area contributed by atoms with Crippen LogP contribution < -0.4 is 5.32 Å². The Balaban J connectivity index is 2.38. The molecule has 0 bridgehead atoms. The highest BCUT2D eigenvalue weighted by Gasteiger charge is 2.19. The molecule has 0 unspecified atom stereocenters. The van der Waals surface area contributed by atoms with E-state index in [0.29, 0.717) is 5.92 Å². The second-order valence-electron chi connectivity index (χ2n) is 3.71. The van der Waals surface area contributed by atoms with E-state index in [-0.39, 0.29) is 6.04 Å². The molecular weight excluding hydrogens is 204 g/mol. The van der Waals surface area contributed by atoms with Crippen LogP contribution >= 0.6 is 0 Å². The van der Waals surface area contributed by atoms with Gasteiger partial charge in [0.1, 0.15) is 0 Å². The van der Waals surface area contributed by atoms with Crippen molar-refractivity contribution in [1.82, 2.24) is 5.32 Å². The minimum Gasteiger partial charge on any atom is -0.333 e. The van der Waals surface area contributed by atoms with E-state index in [9.17, 15) is 13.2 Å². The number of carbonyl (C=O) groups excluding carboxylic acids is 1. The first kappa shape index (κ1) is 11.2. The molecule has 0 heterocycles. The predicted molar refractivity (Wildman–Crippen MR) is 51.3 cm³/mol. The third-order valence-corrected chi connectivity index (χ3v) is 2.82. The molecule has 0 aromatic rings. The Morgan fingerprint density at radius 2 is 1.86 bits per heavy atom. The van der Waals surface area contributed by atoms with Gasteiger partial charge in [-0.25, -0.2) is 4.79 Å². The van der Waals surface area contributed by atoms with Crippen LogP contribution in [0.1, 0.15) is 32.6 Å². The maximum atomic E-state index is 10.9. The number of hydrogen-bond donors (Lipinski definition) is 1. The summed E-state index contributed by atoms with van der Waals surface area (Å²) in [6.45, 7) is 2.18. The summed E-state index contributed by atoms with van der Waals surface area (Å²) in [5.74, 6) is 0.703. The topological polar surface area (TPSA) is 75.6 Å². The molecule has 1 fully saturated rings. The molecule has 0 aromatic heterocycles. The monoisotopic (exact) mass is 218 g/mol. The average molecular weight is 218 g/mol. The fourth-order valence-electron chi connectivity index (χ4n) is 1.67. The van der Waals surface area contributed by atoms with Crippen molar-refractivity contribution in [3.63, 3.8) is 0 Å². The lowest BCUT2D eigenvalue weighted by Gasteiger charge is -2.25. The van der Waals surface area contributed by atoms with Crippen LogP contribution in [0.5, 0.6) is 0 Å². The number of nitrogens with one attached hydrogen (secondary N) is 1. The van der Waals surface area contributed by atoms with Crippen LogP contribution in [0.3, 0.4) is 0 Å². The van der Waals surface area contributed by atoms with Gasteiger partial charge in [-0.3, -0.25) is 0 Å². The first-order valence-electron chi connectivity index (χ1n) is 4.69. The van der Waals surface area contributed by atoms with E-state index in [1.165, 1.54) is 0 Å². The molecule has 1 N–H and O–H groups in total. The lowest BCUT2D eigenvalue weighted by Crippen LogP contribution is -2.35. The van der Waals surface area contributed by atoms with E-state index in [1.807, 2.05) is 0 Å². The molecule has 0 saturated heterocycles. The van der Waals surface area contributed by atoms with E-state index in [4.69, 9.17) is 0 Å². The van der Waals surface area contributed by atoms with Gasteiger partial charge in [0.15, 0.2) is 0 Å². The molecule has 1 saturated carbocycles. The maximum Gasteiger partial charge on any atom is 0.356 e. The normalized spacial score (nSPS) is 26.6. The van der Waals surface area contributed by atoms with Crippen LogP contribution in [0.2, 0.25) is 0 Å². The number of rotatable bonds is 1. The van der Waals surface area contributed by atoms with Gasteiger partial charge in [-0.2, -0.15) is 8.42 Å². The highest BCUT2D eigenvalue weighted by molar-refractivity contribution is 7.62. The zero-order chi connectivity index (χ0) is 10.6. The van der Waals surface area contributed by atoms with Crippen LogP contribution in [-0.4, -0.2) is 20.5 Å².